The molecule has 2 rings (SSSR count). The van der Waals surface area contributed by atoms with E-state index in [0.717, 1.165) is 11.1 Å². The molecule has 0 atom stereocenters. The first-order valence-electron chi connectivity index (χ1n) is 5.64. The lowest BCUT2D eigenvalue weighted by Crippen LogP contribution is -1.83. The Bertz CT molecular complexity index is 684. The lowest BCUT2D eigenvalue weighted by atomic mass is 10.0. The van der Waals surface area contributed by atoms with Crippen LogP contribution in [0.25, 0.3) is 11.6 Å². The van der Waals surface area contributed by atoms with Gasteiger partial charge in [0.25, 0.3) is 0 Å². The smallest absolute Gasteiger partial charge is 0.115 e. The molecule has 90 valence electrons. The van der Waals surface area contributed by atoms with Gasteiger partial charge in [-0.3, -0.25) is 0 Å². The van der Waals surface area contributed by atoms with Gasteiger partial charge in [-0.25, -0.2) is 0 Å². The second-order valence-corrected chi connectivity index (χ2v) is 3.95. The molecule has 0 aliphatic heterocycles. The van der Waals surface area contributed by atoms with E-state index in [0.29, 0.717) is 11.1 Å². The lowest BCUT2D eigenvalue weighted by molar-refractivity contribution is 0.475. The van der Waals surface area contributed by atoms with Crippen molar-refractivity contribution < 1.29 is 5.11 Å². The predicted octanol–water partition coefficient (Wildman–Crippen LogP) is 3.33. The van der Waals surface area contributed by atoms with Crippen molar-refractivity contribution in [1.29, 1.82) is 10.5 Å². The Morgan fingerprint density at radius 1 is 0.947 bits per heavy atom. The zero-order valence-corrected chi connectivity index (χ0v) is 10.0. The first-order valence-corrected chi connectivity index (χ1v) is 5.64. The van der Waals surface area contributed by atoms with Gasteiger partial charge in [0.1, 0.15) is 5.75 Å². The van der Waals surface area contributed by atoms with Crippen LogP contribution in [0.5, 0.6) is 5.75 Å². The van der Waals surface area contributed by atoms with E-state index >= 15 is 0 Å². The third kappa shape index (κ3) is 3.00. The van der Waals surface area contributed by atoms with E-state index in [1.807, 2.05) is 6.07 Å². The Labute approximate surface area is 111 Å². The Hall–Kier alpha value is -3.04. The normalized spacial score (nSPS) is 10.5. The molecule has 2 aromatic carbocycles. The lowest BCUT2D eigenvalue weighted by Gasteiger charge is -2.00. The molecule has 0 aromatic heterocycles. The Kier molecular flexibility index (Phi) is 3.61. The topological polar surface area (TPSA) is 67.8 Å². The van der Waals surface area contributed by atoms with Crippen molar-refractivity contribution in [2.24, 2.45) is 0 Å². The molecule has 2 aromatic rings. The van der Waals surface area contributed by atoms with Crippen molar-refractivity contribution in [1.82, 2.24) is 0 Å². The van der Waals surface area contributed by atoms with Crippen LogP contribution in [-0.2, 0) is 0 Å². The van der Waals surface area contributed by atoms with Gasteiger partial charge in [0.15, 0.2) is 0 Å². The Morgan fingerprint density at radius 3 is 2.11 bits per heavy atom. The van der Waals surface area contributed by atoms with Crippen molar-refractivity contribution in [2.75, 3.05) is 0 Å². The molecule has 0 bridgehead atoms. The summed E-state index contributed by atoms with van der Waals surface area (Å²) in [5.74, 6) is 0.189. The van der Waals surface area contributed by atoms with Crippen molar-refractivity contribution in [3.63, 3.8) is 0 Å². The highest BCUT2D eigenvalue weighted by atomic mass is 16.3. The van der Waals surface area contributed by atoms with E-state index in [9.17, 15) is 10.4 Å². The molecule has 0 aliphatic carbocycles. The summed E-state index contributed by atoms with van der Waals surface area (Å²) in [5, 5.41) is 27.1. The fourth-order valence-corrected chi connectivity index (χ4v) is 1.64. The summed E-state index contributed by atoms with van der Waals surface area (Å²) in [7, 11) is 0. The molecule has 0 aliphatic rings. The molecule has 0 amide bonds. The summed E-state index contributed by atoms with van der Waals surface area (Å²) in [6.07, 6.45) is 1.74. The number of benzene rings is 2. The number of rotatable bonds is 2. The SMILES string of the molecule is N#C/C(=C\c1ccc(O)cc1)c1ccc(C#N)cc1. The van der Waals surface area contributed by atoms with Gasteiger partial charge in [-0.1, -0.05) is 24.3 Å². The zero-order valence-electron chi connectivity index (χ0n) is 10.0. The van der Waals surface area contributed by atoms with Gasteiger partial charge in [-0.15, -0.1) is 0 Å². The molecule has 3 nitrogen and oxygen atoms in total. The van der Waals surface area contributed by atoms with Crippen LogP contribution in [-0.4, -0.2) is 5.11 Å². The highest BCUT2D eigenvalue weighted by Crippen LogP contribution is 2.19. The minimum absolute atomic E-state index is 0.189. The van der Waals surface area contributed by atoms with Crippen molar-refractivity contribution in [2.45, 2.75) is 0 Å². The van der Waals surface area contributed by atoms with Crippen LogP contribution in [0.15, 0.2) is 48.5 Å². The van der Waals surface area contributed by atoms with Crippen LogP contribution in [0.2, 0.25) is 0 Å². The van der Waals surface area contributed by atoms with Crippen molar-refractivity contribution in [3.05, 3.63) is 65.2 Å². The quantitative estimate of drug-likeness (QED) is 0.652. The summed E-state index contributed by atoms with van der Waals surface area (Å²) in [4.78, 5) is 0. The summed E-state index contributed by atoms with van der Waals surface area (Å²) in [5.41, 5.74) is 2.66. The highest BCUT2D eigenvalue weighted by molar-refractivity contribution is 5.89. The van der Waals surface area contributed by atoms with Gasteiger partial charge in [-0.2, -0.15) is 10.5 Å². The standard InChI is InChI=1S/C16H10N2O/c17-10-13-1-5-14(6-2-13)15(11-18)9-12-3-7-16(19)8-4-12/h1-9,19H/b15-9+. The van der Waals surface area contributed by atoms with Gasteiger partial charge in [-0.05, 0) is 41.5 Å². The summed E-state index contributed by atoms with van der Waals surface area (Å²) >= 11 is 0. The van der Waals surface area contributed by atoms with Crippen LogP contribution in [0.4, 0.5) is 0 Å². The van der Waals surface area contributed by atoms with Gasteiger partial charge in [0, 0.05) is 0 Å². The van der Waals surface area contributed by atoms with Crippen molar-refractivity contribution >= 4 is 11.6 Å². The third-order valence-electron chi connectivity index (χ3n) is 2.65. The van der Waals surface area contributed by atoms with Crippen LogP contribution >= 0.6 is 0 Å². The minimum Gasteiger partial charge on any atom is -0.508 e. The van der Waals surface area contributed by atoms with E-state index in [2.05, 4.69) is 6.07 Å². The molecule has 19 heavy (non-hydrogen) atoms. The fourth-order valence-electron chi connectivity index (χ4n) is 1.64. The largest absolute Gasteiger partial charge is 0.508 e. The van der Waals surface area contributed by atoms with Crippen LogP contribution in [0, 0.1) is 22.7 Å². The van der Waals surface area contributed by atoms with E-state index in [4.69, 9.17) is 5.26 Å². The first-order chi connectivity index (χ1) is 9.22. The fraction of sp³-hybridized carbons (Fsp3) is 0. The Morgan fingerprint density at radius 2 is 1.58 bits per heavy atom. The maximum absolute atomic E-state index is 9.21. The summed E-state index contributed by atoms with van der Waals surface area (Å²) in [6, 6.07) is 17.6. The average Bonchev–Trinajstić information content (AvgIpc) is 2.47. The second kappa shape index (κ2) is 5.53. The monoisotopic (exact) mass is 246 g/mol. The molecule has 1 N–H and O–H groups in total. The molecule has 0 heterocycles. The van der Waals surface area contributed by atoms with Crippen LogP contribution < -0.4 is 0 Å². The van der Waals surface area contributed by atoms with Crippen molar-refractivity contribution in [3.8, 4) is 17.9 Å². The molecule has 0 radical (unpaired) electrons. The van der Waals surface area contributed by atoms with Crippen LogP contribution in [0.1, 0.15) is 16.7 Å². The average molecular weight is 246 g/mol. The van der Waals surface area contributed by atoms with E-state index in [1.54, 1.807) is 54.6 Å². The summed E-state index contributed by atoms with van der Waals surface area (Å²) in [6.45, 7) is 0. The molecule has 0 spiro atoms. The molecule has 3 heteroatoms. The molecule has 0 fully saturated rings. The third-order valence-corrected chi connectivity index (χ3v) is 2.65. The number of hydrogen-bond donors (Lipinski definition) is 1. The van der Waals surface area contributed by atoms with E-state index in [-0.39, 0.29) is 5.75 Å². The first kappa shape index (κ1) is 12.4. The van der Waals surface area contributed by atoms with Gasteiger partial charge in [0.2, 0.25) is 0 Å². The number of phenols is 1. The van der Waals surface area contributed by atoms with Crippen LogP contribution in [0.3, 0.4) is 0 Å². The maximum atomic E-state index is 9.21. The molecular weight excluding hydrogens is 236 g/mol. The number of aromatic hydroxyl groups is 1. The molecular formula is C16H10N2O. The summed E-state index contributed by atoms with van der Waals surface area (Å²) < 4.78 is 0. The molecule has 0 saturated carbocycles. The Balaban J connectivity index is 2.36. The number of hydrogen-bond acceptors (Lipinski definition) is 3. The van der Waals surface area contributed by atoms with E-state index in [1.165, 1.54) is 0 Å². The molecule has 0 saturated heterocycles. The second-order valence-electron chi connectivity index (χ2n) is 3.95. The number of nitrogens with zero attached hydrogens (tertiary/aromatic N) is 2. The van der Waals surface area contributed by atoms with Gasteiger partial charge >= 0.3 is 0 Å². The van der Waals surface area contributed by atoms with Gasteiger partial charge < -0.3 is 5.11 Å². The van der Waals surface area contributed by atoms with Gasteiger partial charge in [0.05, 0.1) is 23.3 Å². The highest BCUT2D eigenvalue weighted by Gasteiger charge is 2.01. The number of allylic oxidation sites excluding steroid dienone is 1. The minimum atomic E-state index is 0.189. The maximum Gasteiger partial charge on any atom is 0.115 e. The number of phenolic OH excluding ortho intramolecular Hbond substituents is 1. The number of nitriles is 2. The van der Waals surface area contributed by atoms with E-state index < -0.39 is 0 Å². The zero-order chi connectivity index (χ0) is 13.7. The molecule has 0 unspecified atom stereocenters. The predicted molar refractivity (Wildman–Crippen MR) is 72.7 cm³/mol.